The van der Waals surface area contributed by atoms with Crippen LogP contribution in [-0.2, 0) is 11.3 Å². The van der Waals surface area contributed by atoms with Crippen LogP contribution in [0.4, 0.5) is 4.79 Å². The van der Waals surface area contributed by atoms with Crippen LogP contribution in [0.25, 0.3) is 0 Å². The van der Waals surface area contributed by atoms with Gasteiger partial charge in [0.15, 0.2) is 12.0 Å². The fourth-order valence-corrected chi connectivity index (χ4v) is 3.87. The van der Waals surface area contributed by atoms with Crippen molar-refractivity contribution in [2.45, 2.75) is 32.6 Å². The van der Waals surface area contributed by atoms with Gasteiger partial charge in [0.05, 0.1) is 13.1 Å². The summed E-state index contributed by atoms with van der Waals surface area (Å²) >= 11 is 5.94. The number of fused-ring (bicyclic) bond motifs is 1. The first-order valence-electron chi connectivity index (χ1n) is 9.96. The molecule has 8 nitrogen and oxygen atoms in total. The highest BCUT2D eigenvalue weighted by atomic mass is 35.5. The second-order valence-electron chi connectivity index (χ2n) is 7.32. The Bertz CT molecular complexity index is 780. The molecule has 2 aliphatic rings. The minimum atomic E-state index is -0.503. The van der Waals surface area contributed by atoms with E-state index in [1.54, 1.807) is 24.1 Å². The summed E-state index contributed by atoms with van der Waals surface area (Å²) in [6, 6.07) is 6.34. The van der Waals surface area contributed by atoms with Crippen molar-refractivity contribution in [3.05, 3.63) is 34.9 Å². The Balaban J connectivity index is 1.74. The highest BCUT2D eigenvalue weighted by Gasteiger charge is 2.51. The molecular formula is C20H29ClN6O2. The molecule has 158 valence electrons. The highest BCUT2D eigenvalue weighted by molar-refractivity contribution is 6.30. The van der Waals surface area contributed by atoms with Gasteiger partial charge in [0.25, 0.3) is 5.91 Å². The number of halogens is 1. The zero-order valence-corrected chi connectivity index (χ0v) is 18.2. The Morgan fingerprint density at radius 3 is 2.38 bits per heavy atom. The zero-order valence-electron chi connectivity index (χ0n) is 17.4. The second kappa shape index (κ2) is 9.00. The first-order valence-corrected chi connectivity index (χ1v) is 10.3. The average molecular weight is 421 g/mol. The minimum absolute atomic E-state index is 0.213. The van der Waals surface area contributed by atoms with Crippen LogP contribution in [0.1, 0.15) is 19.4 Å². The molecule has 0 bridgehead atoms. The van der Waals surface area contributed by atoms with E-state index in [0.29, 0.717) is 17.5 Å². The summed E-state index contributed by atoms with van der Waals surface area (Å²) < 4.78 is 0. The fourth-order valence-electron chi connectivity index (χ4n) is 3.74. The molecule has 0 spiro atoms. The monoisotopic (exact) mass is 420 g/mol. The molecule has 2 heterocycles. The molecule has 2 unspecified atom stereocenters. The van der Waals surface area contributed by atoms with E-state index in [4.69, 9.17) is 11.6 Å². The number of carbonyl (C=O) groups is 2. The largest absolute Gasteiger partial charge is 0.334 e. The van der Waals surface area contributed by atoms with Gasteiger partial charge in [-0.3, -0.25) is 14.7 Å². The Morgan fingerprint density at radius 1 is 1.10 bits per heavy atom. The fraction of sp³-hybridized carbons (Fsp3) is 0.550. The summed E-state index contributed by atoms with van der Waals surface area (Å²) in [6.07, 6.45) is -0.423. The summed E-state index contributed by atoms with van der Waals surface area (Å²) in [7, 11) is 3.55. The molecule has 1 N–H and O–H groups in total. The second-order valence-corrected chi connectivity index (χ2v) is 7.76. The molecule has 0 aliphatic carbocycles. The smallest absolute Gasteiger partial charge is 0.328 e. The van der Waals surface area contributed by atoms with Gasteiger partial charge in [0.2, 0.25) is 0 Å². The number of amides is 3. The first kappa shape index (κ1) is 21.4. The molecule has 1 aromatic carbocycles. The molecule has 0 aromatic heterocycles. The number of benzene rings is 1. The van der Waals surface area contributed by atoms with Crippen LogP contribution in [-0.4, -0.2) is 90.0 Å². The summed E-state index contributed by atoms with van der Waals surface area (Å²) in [6.45, 7) is 7.90. The van der Waals surface area contributed by atoms with Gasteiger partial charge in [0.1, 0.15) is 6.17 Å². The van der Waals surface area contributed by atoms with E-state index >= 15 is 0 Å². The maximum absolute atomic E-state index is 13.2. The maximum atomic E-state index is 13.2. The van der Waals surface area contributed by atoms with Crippen LogP contribution in [0.5, 0.6) is 0 Å². The molecule has 2 saturated heterocycles. The van der Waals surface area contributed by atoms with Crippen molar-refractivity contribution in [1.29, 1.82) is 0 Å². The van der Waals surface area contributed by atoms with Crippen molar-refractivity contribution in [3.8, 4) is 0 Å². The number of nitrogens with zero attached hydrogens (tertiary/aromatic N) is 5. The number of imide groups is 1. The molecule has 0 saturated carbocycles. The van der Waals surface area contributed by atoms with Crippen molar-refractivity contribution in [3.63, 3.8) is 0 Å². The van der Waals surface area contributed by atoms with Crippen molar-refractivity contribution in [1.82, 2.24) is 24.9 Å². The number of hydrogen-bond donors (Lipinski definition) is 1. The predicted octanol–water partition coefficient (Wildman–Crippen LogP) is 1.66. The number of rotatable bonds is 7. The molecule has 0 radical (unpaired) electrons. The molecule has 2 aliphatic heterocycles. The van der Waals surface area contributed by atoms with Gasteiger partial charge in [-0.25, -0.2) is 4.79 Å². The number of hydrogen-bond acceptors (Lipinski definition) is 4. The predicted molar refractivity (Wildman–Crippen MR) is 114 cm³/mol. The number of guanidine groups is 1. The van der Waals surface area contributed by atoms with Gasteiger partial charge >= 0.3 is 6.03 Å². The molecule has 9 heteroatoms. The van der Waals surface area contributed by atoms with Crippen molar-refractivity contribution < 1.29 is 9.59 Å². The normalized spacial score (nSPS) is 23.2. The Morgan fingerprint density at radius 2 is 1.76 bits per heavy atom. The van der Waals surface area contributed by atoms with Crippen molar-refractivity contribution in [2.24, 2.45) is 4.99 Å². The summed E-state index contributed by atoms with van der Waals surface area (Å²) in [5, 5.41) is 3.87. The van der Waals surface area contributed by atoms with E-state index in [1.807, 2.05) is 24.1 Å². The lowest BCUT2D eigenvalue weighted by Crippen LogP contribution is -2.65. The summed E-state index contributed by atoms with van der Waals surface area (Å²) in [5.41, 5.74) is 0.852. The van der Waals surface area contributed by atoms with Gasteiger partial charge in [0, 0.05) is 25.7 Å². The third kappa shape index (κ3) is 4.33. The lowest BCUT2D eigenvalue weighted by molar-refractivity contribution is -0.137. The van der Waals surface area contributed by atoms with Crippen molar-refractivity contribution in [2.75, 3.05) is 40.3 Å². The average Bonchev–Trinajstić information content (AvgIpc) is 3.05. The third-order valence-electron chi connectivity index (χ3n) is 5.62. The standard InChI is InChI=1S/C20H29ClN6O2/c1-5-26(6-2)12-11-22-19-23-17-16(24(19)3)18(28)27(20(29)25(17)4)13-14-7-9-15(21)10-8-14/h7-10,16-17H,5-6,11-13H2,1-4H3,(H,22,23). The first-order chi connectivity index (χ1) is 13.9. The van der Waals surface area contributed by atoms with E-state index < -0.39 is 12.2 Å². The van der Waals surface area contributed by atoms with E-state index in [0.717, 1.165) is 25.2 Å². The molecule has 2 fully saturated rings. The van der Waals surface area contributed by atoms with E-state index in [2.05, 4.69) is 29.1 Å². The van der Waals surface area contributed by atoms with Crippen LogP contribution in [0.15, 0.2) is 29.3 Å². The topological polar surface area (TPSA) is 71.5 Å². The van der Waals surface area contributed by atoms with E-state index in [-0.39, 0.29) is 18.5 Å². The molecule has 2 atom stereocenters. The van der Waals surface area contributed by atoms with Gasteiger partial charge in [-0.1, -0.05) is 37.6 Å². The van der Waals surface area contributed by atoms with Gasteiger partial charge in [-0.15, -0.1) is 0 Å². The van der Waals surface area contributed by atoms with Crippen molar-refractivity contribution >= 4 is 29.5 Å². The number of carbonyl (C=O) groups excluding carboxylic acids is 2. The number of nitrogens with one attached hydrogen (secondary N) is 1. The Labute approximate surface area is 177 Å². The maximum Gasteiger partial charge on any atom is 0.328 e. The highest BCUT2D eigenvalue weighted by Crippen LogP contribution is 2.25. The van der Waals surface area contributed by atoms with Crippen LogP contribution in [0.3, 0.4) is 0 Å². The van der Waals surface area contributed by atoms with Gasteiger partial charge < -0.3 is 20.0 Å². The van der Waals surface area contributed by atoms with E-state index in [9.17, 15) is 9.59 Å². The molecule has 3 amide bonds. The van der Waals surface area contributed by atoms with Crippen LogP contribution < -0.4 is 5.32 Å². The minimum Gasteiger partial charge on any atom is -0.334 e. The zero-order chi connectivity index (χ0) is 21.1. The SMILES string of the molecule is CCN(CC)CCN=C1NC2C(C(=O)N(Cc3ccc(Cl)cc3)C(=O)N2C)N1C. The third-order valence-corrected chi connectivity index (χ3v) is 5.87. The van der Waals surface area contributed by atoms with E-state index in [1.165, 1.54) is 4.90 Å². The summed E-state index contributed by atoms with van der Waals surface area (Å²) in [5.74, 6) is 0.422. The Kier molecular flexibility index (Phi) is 6.64. The molecular weight excluding hydrogens is 392 g/mol. The summed E-state index contributed by atoms with van der Waals surface area (Å²) in [4.78, 5) is 37.7. The number of likely N-dealkylation sites (N-methyl/N-ethyl adjacent to an activating group) is 3. The van der Waals surface area contributed by atoms with Gasteiger partial charge in [-0.05, 0) is 30.8 Å². The molecule has 1 aromatic rings. The quantitative estimate of drug-likeness (QED) is 0.726. The van der Waals surface area contributed by atoms with Crippen LogP contribution in [0, 0.1) is 0 Å². The lowest BCUT2D eigenvalue weighted by atomic mass is 10.1. The molecule has 3 rings (SSSR count). The van der Waals surface area contributed by atoms with Crippen LogP contribution >= 0.6 is 11.6 Å². The number of urea groups is 1. The number of aliphatic imine (C=N–C) groups is 1. The van der Waals surface area contributed by atoms with Crippen LogP contribution in [0.2, 0.25) is 5.02 Å². The molecule has 29 heavy (non-hydrogen) atoms. The lowest BCUT2D eigenvalue weighted by Gasteiger charge is -2.40. The van der Waals surface area contributed by atoms with Gasteiger partial charge in [-0.2, -0.15) is 0 Å². The Hall–Kier alpha value is -2.32.